The van der Waals surface area contributed by atoms with Crippen molar-refractivity contribution in [3.8, 4) is 0 Å². The molecule has 3 unspecified atom stereocenters. The van der Waals surface area contributed by atoms with Gasteiger partial charge in [-0.15, -0.1) is 5.11 Å². The summed E-state index contributed by atoms with van der Waals surface area (Å²) in [5, 5.41) is 28.8. The van der Waals surface area contributed by atoms with Crippen LogP contribution in [0.15, 0.2) is 124 Å². The molecular formula is C104H93Cl17N12O14. The fourth-order valence-electron chi connectivity index (χ4n) is 18.3. The zero-order valence-corrected chi connectivity index (χ0v) is 92.7. The van der Waals surface area contributed by atoms with Gasteiger partial charge in [-0.1, -0.05) is 190 Å². The van der Waals surface area contributed by atoms with E-state index in [1.807, 2.05) is 30.3 Å². The van der Waals surface area contributed by atoms with Crippen LogP contribution in [0.1, 0.15) is 238 Å². The number of carbonyl (C=O) groups excluding carboxylic acids is 9. The smallest absolute Gasteiger partial charge is 0.419 e. The van der Waals surface area contributed by atoms with Crippen molar-refractivity contribution in [3.05, 3.63) is 257 Å². The number of Topliss-reactive ketones (excluding diaryl/α,β-unsaturated/α-hetero) is 6. The van der Waals surface area contributed by atoms with E-state index in [4.69, 9.17) is 228 Å². The van der Waals surface area contributed by atoms with Gasteiger partial charge >= 0.3 is 24.2 Å². The number of aromatic nitrogens is 6. The summed E-state index contributed by atoms with van der Waals surface area (Å²) in [5.41, 5.74) is 29.3. The minimum absolute atomic E-state index is 0.0655. The van der Waals surface area contributed by atoms with Gasteiger partial charge in [-0.05, 0) is 282 Å². The number of hydrazone groups is 1. The molecule has 2 saturated carbocycles. The standard InChI is InChI=1S/3C16H15Cl2NO3.C11H10Cl2N2O.2C11H10Cl2N2.C11H7Cl2NO.C6H3Cl3N2.C6H8O3/c2*1-16(2,3)22-15(21)19-10-6-5-9(17)13(18)12(10)8-4-7-11(20)14(8)19;1-16(2,3)22-15(21)19-12-7-11(18)10(17)6-9(12)8-4-5-13(20)14(8)19;12-8-5-4-7(6-9(8)13)14-15-10-2-1-3-11(10)16;2*12-6-2-4-8-9(10(6)13)5-1-3-7(14)11(5)15-8;12-6-2-3-7-9(10(6)13)5-1-4-8(15)11(5)14-7;7-5-2-1-4(10-11-9)3-6(5)8;7-5-3-1-2-4(5)6(8)9/h2*5-6H,4,7H2,1-3H3;6-7H,4-5H2,1-3H3;4-6,14H,1-3H2;2*2,4,7,15H,1,3,14H2;2-3,14H,1,4H2;1-3H;4H,1-3H2,(H,8,9)/b;;;15-10+;;;;;. The minimum Gasteiger partial charge on any atom is -0.481 e. The van der Waals surface area contributed by atoms with E-state index in [9.17, 15) is 47.9 Å². The molecule has 8 aliphatic carbocycles. The number of benzene rings is 8. The van der Waals surface area contributed by atoms with Gasteiger partial charge in [0.25, 0.3) is 0 Å². The van der Waals surface area contributed by atoms with Crippen LogP contribution in [-0.4, -0.2) is 115 Å². The molecule has 8 aliphatic rings. The highest BCUT2D eigenvalue weighted by molar-refractivity contribution is 6.50. The number of anilines is 1. The summed E-state index contributed by atoms with van der Waals surface area (Å²) in [5.74, 6) is -1.70. The van der Waals surface area contributed by atoms with Crippen molar-refractivity contribution in [2.75, 3.05) is 5.43 Å². The number of carboxylic acid groups (broad SMARTS) is 1. The monoisotopic (exact) mass is 2330 g/mol. The molecule has 3 atom stereocenters. The van der Waals surface area contributed by atoms with E-state index in [2.05, 4.69) is 35.2 Å². The Hall–Kier alpha value is -9.18. The highest BCUT2D eigenvalue weighted by atomic mass is 35.5. The fraction of sp³-hybridized carbons (Fsp3) is 0.317. The number of hydrogen-bond acceptors (Lipinski definition) is 19. The van der Waals surface area contributed by atoms with Gasteiger partial charge < -0.3 is 45.7 Å². The van der Waals surface area contributed by atoms with Gasteiger partial charge in [0.05, 0.1) is 143 Å². The number of aliphatic carboxylic acids is 1. The third kappa shape index (κ3) is 25.1. The Bertz CT molecular complexity index is 7520. The maximum Gasteiger partial charge on any atom is 0.419 e. The van der Waals surface area contributed by atoms with Gasteiger partial charge in [0.15, 0.2) is 28.9 Å². The summed E-state index contributed by atoms with van der Waals surface area (Å²) >= 11 is 101. The Morgan fingerprint density at radius 3 is 1.16 bits per heavy atom. The zero-order valence-electron chi connectivity index (χ0n) is 79.9. The molecule has 14 aromatic rings. The first-order valence-corrected chi connectivity index (χ1v) is 52.5. The van der Waals surface area contributed by atoms with Gasteiger partial charge in [0.2, 0.25) is 0 Å². The van der Waals surface area contributed by atoms with Crippen LogP contribution < -0.4 is 16.9 Å². The second kappa shape index (κ2) is 47.0. The Labute approximate surface area is 927 Å². The van der Waals surface area contributed by atoms with Crippen LogP contribution in [0.5, 0.6) is 0 Å². The molecule has 2 fully saturated rings. The maximum atomic E-state index is 12.5. The summed E-state index contributed by atoms with van der Waals surface area (Å²) in [7, 11) is 0. The quantitative estimate of drug-likeness (QED) is 0.0372. The summed E-state index contributed by atoms with van der Waals surface area (Å²) in [6.45, 7) is 16.0. The number of nitrogens with zero attached hydrogens (tertiary/aromatic N) is 6. The van der Waals surface area contributed by atoms with E-state index in [1.165, 1.54) is 24.8 Å². The van der Waals surface area contributed by atoms with Crippen molar-refractivity contribution >= 4 is 339 Å². The van der Waals surface area contributed by atoms with E-state index in [0.29, 0.717) is 206 Å². The van der Waals surface area contributed by atoms with E-state index in [-0.39, 0.29) is 46.8 Å². The van der Waals surface area contributed by atoms with Crippen molar-refractivity contribution in [2.45, 2.75) is 207 Å². The molecule has 0 saturated heterocycles. The summed E-state index contributed by atoms with van der Waals surface area (Å²) < 4.78 is 23.3. The van der Waals surface area contributed by atoms with Crippen molar-refractivity contribution < 1.29 is 67.3 Å². The van der Waals surface area contributed by atoms with Crippen LogP contribution >= 0.6 is 197 Å². The second-order valence-electron chi connectivity index (χ2n) is 38.2. The summed E-state index contributed by atoms with van der Waals surface area (Å²) in [6.07, 6.45) is 10.3. The molecule has 0 aliphatic heterocycles. The Balaban J connectivity index is 0.000000132. The van der Waals surface area contributed by atoms with Crippen LogP contribution in [0.25, 0.3) is 65.4 Å². The SMILES string of the molecule is CC(C)(C)OC(=O)n1c2c(c3c(Cl)c(Cl)ccc31)CCC2=O.CC(C)(C)OC(=O)n1c2c(c3c(Cl)c(Cl)ccc31)CCC2=O.CC(C)(C)OC(=O)n1c2c(c3cc(Cl)c(Cl)cc31)CCC2=O.ClN=Nc1ccc(Cl)c(Cl)c1.NC1CCc2c1[nH]c1ccc(Cl)c(Cl)c21.NC1CCc2c1[nH]c1ccc(Cl)c(Cl)c21.O=C(O)C1CCCC1=O.O=C1CCC/C1=N\Nc1ccc(Cl)c(Cl)c1.O=C1CCc2c1[nH]c1ccc(Cl)c(Cl)c21. The lowest BCUT2D eigenvalue weighted by atomic mass is 10.1. The number of ketones is 6. The highest BCUT2D eigenvalue weighted by Gasteiger charge is 2.40. The zero-order chi connectivity index (χ0) is 107. The number of fused-ring (bicyclic) bond motifs is 18. The molecule has 0 amide bonds. The lowest BCUT2D eigenvalue weighted by molar-refractivity contribution is -0.145. The van der Waals surface area contributed by atoms with Crippen molar-refractivity contribution in [1.29, 1.82) is 0 Å². The lowest BCUT2D eigenvalue weighted by Gasteiger charge is -2.20. The van der Waals surface area contributed by atoms with Gasteiger partial charge in [-0.2, -0.15) is 5.10 Å². The molecule has 43 heteroatoms. The number of carboxylic acids is 1. The average Bonchev–Trinajstić information content (AvgIpc) is 1.57. The molecule has 0 radical (unpaired) electrons. The fourth-order valence-corrected chi connectivity index (χ4v) is 21.4. The number of aryl methyl sites for hydroxylation is 6. The topological polar surface area (TPSA) is 382 Å². The van der Waals surface area contributed by atoms with E-state index in [1.54, 1.807) is 141 Å². The van der Waals surface area contributed by atoms with Crippen molar-refractivity contribution in [2.24, 2.45) is 32.2 Å². The summed E-state index contributed by atoms with van der Waals surface area (Å²) in [4.78, 5) is 128. The third-order valence-electron chi connectivity index (χ3n) is 24.7. The number of H-pyrrole nitrogens is 3. The van der Waals surface area contributed by atoms with Crippen LogP contribution in [-0.2, 0) is 67.1 Å². The molecule has 8 aromatic carbocycles. The average molecular weight is 2340 g/mol. The number of ether oxygens (including phenoxy) is 3. The van der Waals surface area contributed by atoms with Gasteiger partial charge in [0, 0.05) is 111 Å². The molecule has 26 nitrogen and oxygen atoms in total. The first kappa shape index (κ1) is 113. The highest BCUT2D eigenvalue weighted by Crippen LogP contribution is 2.48. The number of nitrogens with one attached hydrogen (secondary N) is 4. The minimum atomic E-state index is -0.961. The molecule has 0 spiro atoms. The van der Waals surface area contributed by atoms with E-state index in [0.717, 1.165) is 129 Å². The van der Waals surface area contributed by atoms with Crippen LogP contribution in [0.2, 0.25) is 80.4 Å². The molecule has 0 bridgehead atoms. The molecule has 6 aromatic heterocycles. The van der Waals surface area contributed by atoms with Gasteiger partial charge in [0.1, 0.15) is 34.2 Å². The van der Waals surface area contributed by atoms with Crippen LogP contribution in [0.4, 0.5) is 25.8 Å². The largest absolute Gasteiger partial charge is 0.481 e. The Kier molecular flexibility index (Phi) is 36.2. The lowest BCUT2D eigenvalue weighted by Crippen LogP contribution is -2.28. The first-order chi connectivity index (χ1) is 69.3. The van der Waals surface area contributed by atoms with Gasteiger partial charge in [-0.25, -0.2) is 28.1 Å². The van der Waals surface area contributed by atoms with Crippen LogP contribution in [0.3, 0.4) is 0 Å². The Morgan fingerprint density at radius 1 is 0.374 bits per heavy atom. The molecule has 772 valence electrons. The van der Waals surface area contributed by atoms with Crippen molar-refractivity contribution in [3.63, 3.8) is 0 Å². The van der Waals surface area contributed by atoms with E-state index < -0.39 is 47.0 Å². The summed E-state index contributed by atoms with van der Waals surface area (Å²) in [6, 6.07) is 31.3. The number of hydrogen-bond donors (Lipinski definition) is 7. The number of halogens is 17. The first-order valence-electron chi connectivity index (χ1n) is 46.1. The van der Waals surface area contributed by atoms with Crippen LogP contribution in [0, 0.1) is 5.92 Å². The molecular weight excluding hydrogens is 2240 g/mol. The second-order valence-corrected chi connectivity index (χ2v) is 44.7. The third-order valence-corrected chi connectivity index (χ3v) is 31.0. The number of carbonyl (C=O) groups is 10. The molecule has 6 heterocycles. The molecule has 147 heavy (non-hydrogen) atoms. The predicted molar refractivity (Wildman–Crippen MR) is 590 cm³/mol. The number of rotatable bonds is 4. The van der Waals surface area contributed by atoms with Crippen molar-refractivity contribution in [1.82, 2.24) is 28.7 Å². The predicted octanol–water partition coefficient (Wildman–Crippen LogP) is 33.2. The Morgan fingerprint density at radius 2 is 0.755 bits per heavy atom. The molecule has 22 rings (SSSR count). The van der Waals surface area contributed by atoms with Gasteiger partial charge in [-0.3, -0.25) is 39.0 Å². The number of nitrogens with two attached hydrogens (primary N) is 2. The van der Waals surface area contributed by atoms with E-state index >= 15 is 0 Å². The normalized spacial score (nSPS) is 16.5. The maximum absolute atomic E-state index is 12.5. The number of aromatic amines is 3. The molecule has 9 N–H and O–H groups in total.